The molecule has 2 aromatic rings. The molecule has 1 atom stereocenters. The van der Waals surface area contributed by atoms with Gasteiger partial charge in [0.05, 0.1) is 12.7 Å². The molecular formula is C20H27NO2. The van der Waals surface area contributed by atoms with Crippen molar-refractivity contribution in [3.63, 3.8) is 0 Å². The van der Waals surface area contributed by atoms with E-state index in [1.54, 1.807) is 0 Å². The predicted octanol–water partition coefficient (Wildman–Crippen LogP) is 4.16. The van der Waals surface area contributed by atoms with E-state index in [4.69, 9.17) is 15.2 Å². The lowest BCUT2D eigenvalue weighted by Crippen LogP contribution is -2.15. The third kappa shape index (κ3) is 5.00. The molecule has 0 saturated heterocycles. The van der Waals surface area contributed by atoms with Gasteiger partial charge in [0.1, 0.15) is 0 Å². The molecule has 0 saturated carbocycles. The van der Waals surface area contributed by atoms with Crippen molar-refractivity contribution in [2.75, 3.05) is 13.2 Å². The van der Waals surface area contributed by atoms with Crippen molar-refractivity contribution in [3.05, 3.63) is 59.7 Å². The van der Waals surface area contributed by atoms with Gasteiger partial charge < -0.3 is 15.2 Å². The molecule has 2 aromatic carbocycles. The van der Waals surface area contributed by atoms with Crippen LogP contribution in [0, 0.1) is 0 Å². The van der Waals surface area contributed by atoms with Gasteiger partial charge in [-0.3, -0.25) is 0 Å². The maximum Gasteiger partial charge on any atom is 0.161 e. The van der Waals surface area contributed by atoms with Gasteiger partial charge in [-0.25, -0.2) is 0 Å². The molecule has 0 aliphatic carbocycles. The molecule has 0 bridgehead atoms. The molecule has 2 N–H and O–H groups in total. The van der Waals surface area contributed by atoms with Crippen molar-refractivity contribution in [1.82, 2.24) is 0 Å². The van der Waals surface area contributed by atoms with Crippen molar-refractivity contribution in [2.45, 2.75) is 39.2 Å². The van der Waals surface area contributed by atoms with Crippen LogP contribution in [0.4, 0.5) is 0 Å². The van der Waals surface area contributed by atoms with Gasteiger partial charge in [-0.15, -0.1) is 0 Å². The minimum atomic E-state index is 0.126. The second-order valence-electron chi connectivity index (χ2n) is 5.93. The summed E-state index contributed by atoms with van der Waals surface area (Å²) in [4.78, 5) is 0. The first kappa shape index (κ1) is 17.4. The van der Waals surface area contributed by atoms with Gasteiger partial charge in [-0.05, 0) is 57.0 Å². The zero-order valence-corrected chi connectivity index (χ0v) is 14.3. The Balaban J connectivity index is 2.20. The number of nitrogens with two attached hydrogens (primary N) is 1. The summed E-state index contributed by atoms with van der Waals surface area (Å²) < 4.78 is 11.6. The maximum atomic E-state index is 5.99. The molecule has 0 fully saturated rings. The third-order valence-electron chi connectivity index (χ3n) is 3.71. The zero-order chi connectivity index (χ0) is 16.7. The molecule has 3 heteroatoms. The van der Waals surface area contributed by atoms with E-state index >= 15 is 0 Å². The highest BCUT2D eigenvalue weighted by Crippen LogP contribution is 2.31. The molecule has 23 heavy (non-hydrogen) atoms. The van der Waals surface area contributed by atoms with Crippen molar-refractivity contribution >= 4 is 0 Å². The maximum absolute atomic E-state index is 5.99. The molecule has 3 nitrogen and oxygen atoms in total. The fourth-order valence-corrected chi connectivity index (χ4v) is 2.65. The van der Waals surface area contributed by atoms with E-state index in [0.717, 1.165) is 17.9 Å². The minimum Gasteiger partial charge on any atom is -0.490 e. The van der Waals surface area contributed by atoms with Gasteiger partial charge in [-0.2, -0.15) is 0 Å². The highest BCUT2D eigenvalue weighted by atomic mass is 16.5. The summed E-state index contributed by atoms with van der Waals surface area (Å²) >= 11 is 0. The number of benzene rings is 2. The summed E-state index contributed by atoms with van der Waals surface area (Å²) in [6.45, 7) is 7.26. The van der Waals surface area contributed by atoms with Crippen LogP contribution in [0.3, 0.4) is 0 Å². The van der Waals surface area contributed by atoms with Crippen LogP contribution >= 0.6 is 0 Å². The summed E-state index contributed by atoms with van der Waals surface area (Å²) in [7, 11) is 0. The Labute approximate surface area is 139 Å². The summed E-state index contributed by atoms with van der Waals surface area (Å²) in [5.74, 6) is 1.92. The van der Waals surface area contributed by atoms with E-state index in [0.29, 0.717) is 19.1 Å². The lowest BCUT2D eigenvalue weighted by atomic mass is 9.92. The Morgan fingerprint density at radius 1 is 1.00 bits per heavy atom. The standard InChI is InChI=1S/C20H27NO2/c1-4-22-20-13-16(10-11-19(20)23-15(2)3)12-18(14-21)17-8-6-5-7-9-17/h5-11,13,15,18H,4,12,14,21H2,1-3H3. The topological polar surface area (TPSA) is 44.5 Å². The van der Waals surface area contributed by atoms with Gasteiger partial charge in [0.2, 0.25) is 0 Å². The number of ether oxygens (including phenoxy) is 2. The van der Waals surface area contributed by atoms with Crippen LogP contribution < -0.4 is 15.2 Å². The minimum absolute atomic E-state index is 0.126. The van der Waals surface area contributed by atoms with E-state index in [1.807, 2.05) is 32.9 Å². The highest BCUT2D eigenvalue weighted by molar-refractivity contribution is 5.43. The van der Waals surface area contributed by atoms with Crippen molar-refractivity contribution in [1.29, 1.82) is 0 Å². The third-order valence-corrected chi connectivity index (χ3v) is 3.71. The summed E-state index contributed by atoms with van der Waals surface area (Å²) in [6.07, 6.45) is 1.02. The second-order valence-corrected chi connectivity index (χ2v) is 5.93. The molecule has 0 aliphatic rings. The molecule has 124 valence electrons. The van der Waals surface area contributed by atoms with E-state index < -0.39 is 0 Å². The Morgan fingerprint density at radius 3 is 2.35 bits per heavy atom. The predicted molar refractivity (Wildman–Crippen MR) is 95.3 cm³/mol. The lowest BCUT2D eigenvalue weighted by Gasteiger charge is -2.18. The second kappa shape index (κ2) is 8.59. The molecule has 0 aliphatic heterocycles. The largest absolute Gasteiger partial charge is 0.490 e. The smallest absolute Gasteiger partial charge is 0.161 e. The van der Waals surface area contributed by atoms with Gasteiger partial charge in [0, 0.05) is 5.92 Å². The molecule has 2 rings (SSSR count). The Kier molecular flexibility index (Phi) is 6.48. The van der Waals surface area contributed by atoms with Crippen LogP contribution in [-0.2, 0) is 6.42 Å². The molecule has 0 amide bonds. The monoisotopic (exact) mass is 313 g/mol. The van der Waals surface area contributed by atoms with Crippen molar-refractivity contribution in [3.8, 4) is 11.5 Å². The molecular weight excluding hydrogens is 286 g/mol. The molecule has 1 unspecified atom stereocenters. The van der Waals surface area contributed by atoms with Crippen molar-refractivity contribution < 1.29 is 9.47 Å². The number of rotatable bonds is 8. The molecule has 0 radical (unpaired) electrons. The Hall–Kier alpha value is -2.00. The zero-order valence-electron chi connectivity index (χ0n) is 14.3. The van der Waals surface area contributed by atoms with Crippen LogP contribution in [0.15, 0.2) is 48.5 Å². The van der Waals surface area contributed by atoms with Gasteiger partial charge in [0.25, 0.3) is 0 Å². The molecule has 0 spiro atoms. The average molecular weight is 313 g/mol. The van der Waals surface area contributed by atoms with Gasteiger partial charge in [0.15, 0.2) is 11.5 Å². The van der Waals surface area contributed by atoms with E-state index in [2.05, 4.69) is 36.4 Å². The molecule has 0 heterocycles. The number of hydrogen-bond donors (Lipinski definition) is 1. The summed E-state index contributed by atoms with van der Waals surface area (Å²) in [6, 6.07) is 16.6. The van der Waals surface area contributed by atoms with Crippen LogP contribution in [-0.4, -0.2) is 19.3 Å². The van der Waals surface area contributed by atoms with Gasteiger partial charge in [-0.1, -0.05) is 36.4 Å². The lowest BCUT2D eigenvalue weighted by molar-refractivity contribution is 0.223. The fourth-order valence-electron chi connectivity index (χ4n) is 2.65. The Bertz CT molecular complexity index is 596. The highest BCUT2D eigenvalue weighted by Gasteiger charge is 2.13. The summed E-state index contributed by atoms with van der Waals surface area (Å²) in [5, 5.41) is 0. The van der Waals surface area contributed by atoms with E-state index in [9.17, 15) is 0 Å². The van der Waals surface area contributed by atoms with Crippen LogP contribution in [0.5, 0.6) is 11.5 Å². The van der Waals surface area contributed by atoms with Crippen molar-refractivity contribution in [2.24, 2.45) is 5.73 Å². The van der Waals surface area contributed by atoms with Gasteiger partial charge >= 0.3 is 0 Å². The van der Waals surface area contributed by atoms with Crippen LogP contribution in [0.2, 0.25) is 0 Å². The quantitative estimate of drug-likeness (QED) is 0.796. The van der Waals surface area contributed by atoms with E-state index in [1.165, 1.54) is 11.1 Å². The first-order chi connectivity index (χ1) is 11.1. The Morgan fingerprint density at radius 2 is 1.74 bits per heavy atom. The fraction of sp³-hybridized carbons (Fsp3) is 0.400. The summed E-state index contributed by atoms with van der Waals surface area (Å²) in [5.41, 5.74) is 8.47. The average Bonchev–Trinajstić information content (AvgIpc) is 2.55. The number of hydrogen-bond acceptors (Lipinski definition) is 3. The SMILES string of the molecule is CCOc1cc(CC(CN)c2ccccc2)ccc1OC(C)C. The first-order valence-electron chi connectivity index (χ1n) is 8.31. The van der Waals surface area contributed by atoms with E-state index in [-0.39, 0.29) is 6.10 Å². The normalized spacial score (nSPS) is 12.2. The van der Waals surface area contributed by atoms with Crippen LogP contribution in [0.25, 0.3) is 0 Å². The van der Waals surface area contributed by atoms with Crippen LogP contribution in [0.1, 0.15) is 37.8 Å². The first-order valence-corrected chi connectivity index (χ1v) is 8.31. The molecule has 0 aromatic heterocycles.